The maximum Gasteiger partial charge on any atom is 0.212 e. The van der Waals surface area contributed by atoms with Crippen molar-refractivity contribution in [1.29, 1.82) is 0 Å². The van der Waals surface area contributed by atoms with Crippen LogP contribution in [0.5, 0.6) is 0 Å². The van der Waals surface area contributed by atoms with Crippen LogP contribution in [0.25, 0.3) is 0 Å². The standard InChI is InChI=1S/C12H27N3O2S/c1-11(2)13-7-9-18(16,17)14-10-12-6-4-5-8-15(12)3/h11-14H,4-10H2,1-3H3. The Morgan fingerprint density at radius 3 is 2.67 bits per heavy atom. The van der Waals surface area contributed by atoms with E-state index in [4.69, 9.17) is 0 Å². The van der Waals surface area contributed by atoms with Crippen LogP contribution in [0.4, 0.5) is 0 Å². The van der Waals surface area contributed by atoms with E-state index in [0.29, 0.717) is 25.2 Å². The van der Waals surface area contributed by atoms with Crippen molar-refractivity contribution in [2.75, 3.05) is 32.4 Å². The second-order valence-corrected chi connectivity index (χ2v) is 7.33. The third-order valence-corrected chi connectivity index (χ3v) is 4.73. The summed E-state index contributed by atoms with van der Waals surface area (Å²) in [4.78, 5) is 2.25. The molecule has 0 aromatic rings. The minimum absolute atomic E-state index is 0.154. The van der Waals surface area contributed by atoms with Crippen molar-refractivity contribution < 1.29 is 8.42 Å². The predicted octanol–water partition coefficient (Wildman–Crippen LogP) is 0.388. The average molecular weight is 277 g/mol. The third kappa shape index (κ3) is 6.13. The van der Waals surface area contributed by atoms with Crippen molar-refractivity contribution in [3.8, 4) is 0 Å². The second-order valence-electron chi connectivity index (χ2n) is 5.41. The number of hydrogen-bond acceptors (Lipinski definition) is 4. The molecule has 0 radical (unpaired) electrons. The molecule has 0 amide bonds. The molecular formula is C12H27N3O2S. The fraction of sp³-hybridized carbons (Fsp3) is 1.00. The van der Waals surface area contributed by atoms with Crippen LogP contribution in [0.3, 0.4) is 0 Å². The first-order valence-corrected chi connectivity index (χ1v) is 8.47. The van der Waals surface area contributed by atoms with Crippen LogP contribution in [-0.2, 0) is 10.0 Å². The van der Waals surface area contributed by atoms with Gasteiger partial charge in [0.2, 0.25) is 10.0 Å². The van der Waals surface area contributed by atoms with Crippen molar-refractivity contribution in [2.45, 2.75) is 45.2 Å². The maximum absolute atomic E-state index is 11.8. The van der Waals surface area contributed by atoms with E-state index >= 15 is 0 Å². The van der Waals surface area contributed by atoms with Gasteiger partial charge in [-0.15, -0.1) is 0 Å². The van der Waals surface area contributed by atoms with Crippen LogP contribution in [0, 0.1) is 0 Å². The van der Waals surface area contributed by atoms with Gasteiger partial charge in [0.1, 0.15) is 0 Å². The van der Waals surface area contributed by atoms with Crippen LogP contribution >= 0.6 is 0 Å². The number of likely N-dealkylation sites (N-methyl/N-ethyl adjacent to an activating group) is 1. The van der Waals surface area contributed by atoms with E-state index in [-0.39, 0.29) is 5.75 Å². The molecule has 0 spiro atoms. The van der Waals surface area contributed by atoms with Gasteiger partial charge in [-0.1, -0.05) is 20.3 Å². The topological polar surface area (TPSA) is 61.4 Å². The summed E-state index contributed by atoms with van der Waals surface area (Å²) in [6, 6.07) is 0.677. The van der Waals surface area contributed by atoms with Gasteiger partial charge >= 0.3 is 0 Å². The Kier molecular flexibility index (Phi) is 6.55. The van der Waals surface area contributed by atoms with Gasteiger partial charge in [-0.25, -0.2) is 13.1 Å². The second kappa shape index (κ2) is 7.43. The molecule has 1 heterocycles. The lowest BCUT2D eigenvalue weighted by molar-refractivity contribution is 0.187. The Bertz CT molecular complexity index is 330. The van der Waals surface area contributed by atoms with Gasteiger partial charge < -0.3 is 10.2 Å². The Balaban J connectivity index is 2.27. The molecule has 2 N–H and O–H groups in total. The minimum Gasteiger partial charge on any atom is -0.313 e. The number of nitrogens with zero attached hydrogens (tertiary/aromatic N) is 1. The highest BCUT2D eigenvalue weighted by molar-refractivity contribution is 7.89. The fourth-order valence-corrected chi connectivity index (χ4v) is 3.16. The van der Waals surface area contributed by atoms with E-state index in [2.05, 4.69) is 22.0 Å². The van der Waals surface area contributed by atoms with E-state index in [1.54, 1.807) is 0 Å². The van der Waals surface area contributed by atoms with Gasteiger partial charge in [-0.3, -0.25) is 0 Å². The molecule has 6 heteroatoms. The largest absolute Gasteiger partial charge is 0.313 e. The maximum atomic E-state index is 11.8. The van der Waals surface area contributed by atoms with Crippen molar-refractivity contribution in [1.82, 2.24) is 14.9 Å². The molecule has 1 atom stereocenters. The van der Waals surface area contributed by atoms with Gasteiger partial charge in [0.15, 0.2) is 0 Å². The third-order valence-electron chi connectivity index (χ3n) is 3.38. The quantitative estimate of drug-likeness (QED) is 0.707. The van der Waals surface area contributed by atoms with Gasteiger partial charge in [-0.05, 0) is 26.4 Å². The molecule has 1 rings (SSSR count). The van der Waals surface area contributed by atoms with E-state index in [1.807, 2.05) is 13.8 Å². The van der Waals surface area contributed by atoms with Crippen LogP contribution in [0.15, 0.2) is 0 Å². The fourth-order valence-electron chi connectivity index (χ4n) is 2.18. The zero-order valence-corrected chi connectivity index (χ0v) is 12.6. The molecule has 0 aromatic carbocycles. The molecule has 0 aliphatic carbocycles. The number of sulfonamides is 1. The molecule has 1 saturated heterocycles. The van der Waals surface area contributed by atoms with E-state index in [9.17, 15) is 8.42 Å². The van der Waals surface area contributed by atoms with E-state index in [0.717, 1.165) is 13.0 Å². The van der Waals surface area contributed by atoms with Gasteiger partial charge in [0, 0.05) is 25.2 Å². The molecule has 1 aliphatic heterocycles. The predicted molar refractivity (Wildman–Crippen MR) is 75.2 cm³/mol. The van der Waals surface area contributed by atoms with Crippen molar-refractivity contribution in [2.24, 2.45) is 0 Å². The molecule has 108 valence electrons. The summed E-state index contributed by atoms with van der Waals surface area (Å²) >= 11 is 0. The summed E-state index contributed by atoms with van der Waals surface area (Å²) in [5.74, 6) is 0.154. The summed E-state index contributed by atoms with van der Waals surface area (Å²) in [5, 5.41) is 3.12. The SMILES string of the molecule is CC(C)NCCS(=O)(=O)NCC1CCCCN1C. The monoisotopic (exact) mass is 277 g/mol. The van der Waals surface area contributed by atoms with Crippen LogP contribution < -0.4 is 10.0 Å². The lowest BCUT2D eigenvalue weighted by atomic mass is 10.0. The number of hydrogen-bond donors (Lipinski definition) is 2. The molecule has 18 heavy (non-hydrogen) atoms. The Hall–Kier alpha value is -0.170. The van der Waals surface area contributed by atoms with Crippen LogP contribution in [0.1, 0.15) is 33.1 Å². The smallest absolute Gasteiger partial charge is 0.212 e. The molecular weight excluding hydrogens is 250 g/mol. The molecule has 1 fully saturated rings. The Morgan fingerprint density at radius 2 is 2.06 bits per heavy atom. The summed E-state index contributed by atoms with van der Waals surface area (Å²) < 4.78 is 26.3. The highest BCUT2D eigenvalue weighted by Crippen LogP contribution is 2.14. The number of piperidine rings is 1. The first-order valence-electron chi connectivity index (χ1n) is 6.81. The molecule has 0 saturated carbocycles. The Labute approximate surface area is 111 Å². The van der Waals surface area contributed by atoms with Crippen molar-refractivity contribution in [3.63, 3.8) is 0 Å². The first-order chi connectivity index (χ1) is 8.41. The molecule has 5 nitrogen and oxygen atoms in total. The van der Waals surface area contributed by atoms with Crippen LogP contribution in [0.2, 0.25) is 0 Å². The van der Waals surface area contributed by atoms with Gasteiger partial charge in [0.05, 0.1) is 5.75 Å². The molecule has 1 unspecified atom stereocenters. The van der Waals surface area contributed by atoms with Crippen molar-refractivity contribution >= 4 is 10.0 Å². The highest BCUT2D eigenvalue weighted by atomic mass is 32.2. The average Bonchev–Trinajstić information content (AvgIpc) is 2.27. The van der Waals surface area contributed by atoms with Gasteiger partial charge in [-0.2, -0.15) is 0 Å². The number of likely N-dealkylation sites (tertiary alicyclic amines) is 1. The number of rotatable bonds is 7. The summed E-state index contributed by atoms with van der Waals surface area (Å²) in [7, 11) is -1.07. The molecule has 1 aliphatic rings. The summed E-state index contributed by atoms with van der Waals surface area (Å²) in [6.07, 6.45) is 3.51. The van der Waals surface area contributed by atoms with Crippen molar-refractivity contribution in [3.05, 3.63) is 0 Å². The number of nitrogens with one attached hydrogen (secondary N) is 2. The normalized spacial score (nSPS) is 22.6. The molecule has 0 bridgehead atoms. The van der Waals surface area contributed by atoms with E-state index in [1.165, 1.54) is 12.8 Å². The lowest BCUT2D eigenvalue weighted by Crippen LogP contribution is -2.45. The van der Waals surface area contributed by atoms with Crippen LogP contribution in [-0.4, -0.2) is 57.8 Å². The summed E-state index contributed by atoms with van der Waals surface area (Å²) in [5.41, 5.74) is 0. The molecule has 0 aromatic heterocycles. The lowest BCUT2D eigenvalue weighted by Gasteiger charge is -2.32. The zero-order chi connectivity index (χ0) is 13.6. The van der Waals surface area contributed by atoms with E-state index < -0.39 is 10.0 Å². The minimum atomic E-state index is -3.14. The Morgan fingerprint density at radius 1 is 1.33 bits per heavy atom. The first kappa shape index (κ1) is 15.9. The zero-order valence-electron chi connectivity index (χ0n) is 11.8. The summed E-state index contributed by atoms with van der Waals surface area (Å²) in [6.45, 7) is 6.14. The van der Waals surface area contributed by atoms with Gasteiger partial charge in [0.25, 0.3) is 0 Å². The highest BCUT2D eigenvalue weighted by Gasteiger charge is 2.20.